The third kappa shape index (κ3) is 5.87. The Hall–Kier alpha value is -4.24. The lowest BCUT2D eigenvalue weighted by Gasteiger charge is -2.27. The van der Waals surface area contributed by atoms with Crippen molar-refractivity contribution in [3.63, 3.8) is 0 Å². The van der Waals surface area contributed by atoms with E-state index in [1.165, 1.54) is 47.6 Å². The Labute approximate surface area is 206 Å². The van der Waals surface area contributed by atoms with Gasteiger partial charge in [-0.05, 0) is 42.0 Å². The number of carbonyl (C=O) groups is 2. The summed E-state index contributed by atoms with van der Waals surface area (Å²) in [5.74, 6) is -1.18. The topological polar surface area (TPSA) is 93.2 Å². The summed E-state index contributed by atoms with van der Waals surface area (Å²) in [4.78, 5) is 42.2. The van der Waals surface area contributed by atoms with Crippen molar-refractivity contribution in [1.82, 2.24) is 9.80 Å². The van der Waals surface area contributed by atoms with Crippen molar-refractivity contribution >= 4 is 22.8 Å². The van der Waals surface area contributed by atoms with Crippen molar-refractivity contribution in [2.45, 2.75) is 13.1 Å². The van der Waals surface area contributed by atoms with Crippen molar-refractivity contribution in [3.05, 3.63) is 106 Å². The molecule has 0 aliphatic heterocycles. The molecule has 0 radical (unpaired) electrons. The molecule has 186 valence electrons. The van der Waals surface area contributed by atoms with E-state index in [-0.39, 0.29) is 49.5 Å². The number of ether oxygens (including phenoxy) is 1. The minimum absolute atomic E-state index is 0.0591. The lowest BCUT2D eigenvalue weighted by atomic mass is 10.1. The van der Waals surface area contributed by atoms with Gasteiger partial charge in [-0.15, -0.1) is 0 Å². The van der Waals surface area contributed by atoms with Gasteiger partial charge in [-0.25, -0.2) is 4.39 Å². The second kappa shape index (κ2) is 11.5. The van der Waals surface area contributed by atoms with Gasteiger partial charge >= 0.3 is 0 Å². The van der Waals surface area contributed by atoms with E-state index >= 15 is 0 Å². The van der Waals surface area contributed by atoms with Crippen molar-refractivity contribution < 1.29 is 27.6 Å². The van der Waals surface area contributed by atoms with Gasteiger partial charge in [0.25, 0.3) is 5.91 Å². The quantitative estimate of drug-likeness (QED) is 0.334. The van der Waals surface area contributed by atoms with E-state index < -0.39 is 17.6 Å². The van der Waals surface area contributed by atoms with Crippen LogP contribution in [-0.4, -0.2) is 48.4 Å². The van der Waals surface area contributed by atoms with Gasteiger partial charge in [0.2, 0.25) is 5.91 Å². The standard InChI is InChI=1S/C27H25FN2O6/c1-34-14-12-29(27(33)24-7-4-13-35-24)17-25(31)30(15-19-8-10-21(28)11-9-19)16-20-18-36-23-6-3-2-5-22(23)26(20)32/h2-11,13,18H,12,14-17H2,1H3. The average Bonchev–Trinajstić information content (AvgIpc) is 3.43. The molecule has 4 rings (SSSR count). The summed E-state index contributed by atoms with van der Waals surface area (Å²) >= 11 is 0. The van der Waals surface area contributed by atoms with Gasteiger partial charge < -0.3 is 23.4 Å². The van der Waals surface area contributed by atoms with E-state index in [1.807, 2.05) is 0 Å². The number of fused-ring (bicyclic) bond motifs is 1. The molecule has 2 aromatic carbocycles. The maximum absolute atomic E-state index is 13.5. The summed E-state index contributed by atoms with van der Waals surface area (Å²) < 4.78 is 29.4. The lowest BCUT2D eigenvalue weighted by molar-refractivity contribution is -0.133. The van der Waals surface area contributed by atoms with Crippen LogP contribution in [0.4, 0.5) is 4.39 Å². The number of benzene rings is 2. The highest BCUT2D eigenvalue weighted by Gasteiger charge is 2.25. The molecular formula is C27H25FN2O6. The van der Waals surface area contributed by atoms with Crippen molar-refractivity contribution in [1.29, 1.82) is 0 Å². The van der Waals surface area contributed by atoms with Crippen LogP contribution in [0.3, 0.4) is 0 Å². The summed E-state index contributed by atoms with van der Waals surface area (Å²) in [6.45, 7) is 0.133. The third-order valence-electron chi connectivity index (χ3n) is 5.66. The van der Waals surface area contributed by atoms with Crippen molar-refractivity contribution in [3.8, 4) is 0 Å². The molecule has 36 heavy (non-hydrogen) atoms. The molecule has 8 nitrogen and oxygen atoms in total. The first-order valence-corrected chi connectivity index (χ1v) is 11.3. The molecule has 0 saturated carbocycles. The molecule has 0 unspecified atom stereocenters. The second-order valence-electron chi connectivity index (χ2n) is 8.16. The van der Waals surface area contributed by atoms with E-state index in [4.69, 9.17) is 13.6 Å². The Bertz CT molecular complexity index is 1380. The number of halogens is 1. The summed E-state index contributed by atoms with van der Waals surface area (Å²) in [7, 11) is 1.50. The minimum atomic E-state index is -0.461. The largest absolute Gasteiger partial charge is 0.464 e. The van der Waals surface area contributed by atoms with Gasteiger partial charge in [0.05, 0.1) is 36.6 Å². The van der Waals surface area contributed by atoms with Crippen LogP contribution in [0, 0.1) is 5.82 Å². The van der Waals surface area contributed by atoms with Gasteiger partial charge in [-0.2, -0.15) is 0 Å². The Morgan fingerprint density at radius 1 is 0.944 bits per heavy atom. The molecule has 9 heteroatoms. The van der Waals surface area contributed by atoms with E-state index in [0.29, 0.717) is 16.5 Å². The number of hydrogen-bond acceptors (Lipinski definition) is 6. The SMILES string of the molecule is COCCN(CC(=O)N(Cc1ccc(F)cc1)Cc1coc2ccccc2c1=O)C(=O)c1ccco1. The number of hydrogen-bond donors (Lipinski definition) is 0. The van der Waals surface area contributed by atoms with Crippen LogP contribution in [0.1, 0.15) is 21.7 Å². The number of furan rings is 1. The Balaban J connectivity index is 1.62. The summed E-state index contributed by atoms with van der Waals surface area (Å²) in [5, 5.41) is 0.402. The molecule has 0 N–H and O–H groups in total. The van der Waals surface area contributed by atoms with E-state index in [2.05, 4.69) is 0 Å². The smallest absolute Gasteiger partial charge is 0.290 e. The molecule has 0 aliphatic carbocycles. The number of carbonyl (C=O) groups excluding carboxylic acids is 2. The number of para-hydroxylation sites is 1. The fourth-order valence-electron chi connectivity index (χ4n) is 3.75. The van der Waals surface area contributed by atoms with Gasteiger partial charge in [0, 0.05) is 20.2 Å². The Morgan fingerprint density at radius 3 is 2.44 bits per heavy atom. The highest BCUT2D eigenvalue weighted by Crippen LogP contribution is 2.15. The first-order valence-electron chi connectivity index (χ1n) is 11.3. The van der Waals surface area contributed by atoms with Crippen LogP contribution < -0.4 is 5.43 Å². The fraction of sp³-hybridized carbons (Fsp3) is 0.222. The maximum Gasteiger partial charge on any atom is 0.290 e. The zero-order valence-corrected chi connectivity index (χ0v) is 19.7. The molecule has 0 aliphatic rings. The lowest BCUT2D eigenvalue weighted by Crippen LogP contribution is -2.44. The van der Waals surface area contributed by atoms with Crippen LogP contribution in [-0.2, 0) is 22.6 Å². The molecule has 0 atom stereocenters. The van der Waals surface area contributed by atoms with Gasteiger partial charge in [-0.3, -0.25) is 14.4 Å². The maximum atomic E-state index is 13.5. The summed E-state index contributed by atoms with van der Waals surface area (Å²) in [6.07, 6.45) is 2.72. The predicted octanol–water partition coefficient (Wildman–Crippen LogP) is 3.84. The Kier molecular flexibility index (Phi) is 7.92. The van der Waals surface area contributed by atoms with Crippen LogP contribution in [0.25, 0.3) is 11.0 Å². The van der Waals surface area contributed by atoms with Gasteiger partial charge in [0.15, 0.2) is 11.2 Å². The van der Waals surface area contributed by atoms with Crippen molar-refractivity contribution in [2.75, 3.05) is 26.8 Å². The number of amides is 2. The fourth-order valence-corrected chi connectivity index (χ4v) is 3.75. The van der Waals surface area contributed by atoms with Gasteiger partial charge in [-0.1, -0.05) is 24.3 Å². The molecule has 2 amide bonds. The van der Waals surface area contributed by atoms with E-state index in [9.17, 15) is 18.8 Å². The number of nitrogens with zero attached hydrogens (tertiary/aromatic N) is 2. The monoisotopic (exact) mass is 492 g/mol. The second-order valence-corrected chi connectivity index (χ2v) is 8.16. The molecule has 2 heterocycles. The van der Waals surface area contributed by atoms with Crippen LogP contribution >= 0.6 is 0 Å². The average molecular weight is 493 g/mol. The summed E-state index contributed by atoms with van der Waals surface area (Å²) in [5.41, 5.74) is 1.13. The van der Waals surface area contributed by atoms with Crippen LogP contribution in [0.15, 0.2) is 86.8 Å². The van der Waals surface area contributed by atoms with E-state index in [1.54, 1.807) is 42.5 Å². The molecule has 0 saturated heterocycles. The summed E-state index contributed by atoms with van der Waals surface area (Å²) in [6, 6.07) is 15.7. The molecule has 4 aromatic rings. The van der Waals surface area contributed by atoms with E-state index in [0.717, 1.165) is 0 Å². The highest BCUT2D eigenvalue weighted by molar-refractivity contribution is 5.94. The molecule has 0 bridgehead atoms. The van der Waals surface area contributed by atoms with Crippen LogP contribution in [0.2, 0.25) is 0 Å². The van der Waals surface area contributed by atoms with Crippen molar-refractivity contribution in [2.24, 2.45) is 0 Å². The van der Waals surface area contributed by atoms with Gasteiger partial charge in [0.1, 0.15) is 17.9 Å². The highest BCUT2D eigenvalue weighted by atomic mass is 19.1. The molecule has 0 spiro atoms. The third-order valence-corrected chi connectivity index (χ3v) is 5.66. The zero-order chi connectivity index (χ0) is 25.5. The normalized spacial score (nSPS) is 10.9. The first kappa shape index (κ1) is 24.9. The van der Waals surface area contributed by atoms with Crippen LogP contribution in [0.5, 0.6) is 0 Å². The minimum Gasteiger partial charge on any atom is -0.464 e. The number of methoxy groups -OCH3 is 1. The zero-order valence-electron chi connectivity index (χ0n) is 19.7. The Morgan fingerprint density at radius 2 is 1.72 bits per heavy atom. The molecule has 0 fully saturated rings. The first-order chi connectivity index (χ1) is 17.5. The number of rotatable bonds is 10. The molecular weight excluding hydrogens is 467 g/mol. The molecule has 2 aromatic heterocycles. The predicted molar refractivity (Wildman–Crippen MR) is 130 cm³/mol.